The first-order valence-electron chi connectivity index (χ1n) is 15.7. The van der Waals surface area contributed by atoms with Crippen LogP contribution in [0.1, 0.15) is 0 Å². The topological polar surface area (TPSA) is 149 Å². The molecular formula is C30H59NO14. The van der Waals surface area contributed by atoms with Gasteiger partial charge < -0.3 is 66.9 Å². The second kappa shape index (κ2) is 40.7. The van der Waals surface area contributed by atoms with Gasteiger partial charge in [0.2, 0.25) is 0 Å². The van der Waals surface area contributed by atoms with Crippen LogP contribution in [0.5, 0.6) is 0 Å². The number of nitrogens with one attached hydrogen (secondary N) is 1. The zero-order chi connectivity index (χ0) is 32.6. The fraction of sp³-hybridized carbons (Fsp3) is 0.900. The molecule has 0 heterocycles. The molecule has 0 rings (SSSR count). The van der Waals surface area contributed by atoms with Gasteiger partial charge in [0.05, 0.1) is 159 Å². The van der Waals surface area contributed by atoms with Crippen molar-refractivity contribution in [2.45, 2.75) is 0 Å². The zero-order valence-electron chi connectivity index (χ0n) is 27.4. The average Bonchev–Trinajstić information content (AvgIpc) is 3.05. The third-order valence-corrected chi connectivity index (χ3v) is 5.23. The summed E-state index contributed by atoms with van der Waals surface area (Å²) in [5.41, 5.74) is 0. The molecule has 1 N–H and O–H groups in total. The van der Waals surface area contributed by atoms with Crippen LogP contribution in [0.2, 0.25) is 0 Å². The summed E-state index contributed by atoms with van der Waals surface area (Å²) < 4.78 is 69.8. The number of carbonyl (C=O) groups is 1. The summed E-state index contributed by atoms with van der Waals surface area (Å²) in [6.07, 6.45) is 1.11. The number of hydrogen-bond donors (Lipinski definition) is 1. The number of esters is 1. The Hall–Kier alpha value is -1.31. The van der Waals surface area contributed by atoms with Crippen molar-refractivity contribution in [3.8, 4) is 0 Å². The van der Waals surface area contributed by atoms with Gasteiger partial charge in [0.25, 0.3) is 0 Å². The molecule has 0 aliphatic rings. The minimum absolute atomic E-state index is 0.198. The largest absolute Gasteiger partial charge is 0.460 e. The first kappa shape index (κ1) is 43.7. The standard InChI is InChI=1S/C30H59NO14/c1-3-30(32)45-29-28-44-27-26-43-25-24-42-23-22-41-21-20-40-19-18-39-17-16-38-15-14-37-13-12-36-11-10-35-9-8-34-7-6-33-5-4-31-2/h3,31H,1,4-29H2,2H3. The number of rotatable bonds is 40. The van der Waals surface area contributed by atoms with E-state index in [1.165, 1.54) is 0 Å². The van der Waals surface area contributed by atoms with Gasteiger partial charge in [-0.2, -0.15) is 0 Å². The van der Waals surface area contributed by atoms with Crippen molar-refractivity contribution in [2.75, 3.05) is 179 Å². The molecule has 0 aliphatic carbocycles. The smallest absolute Gasteiger partial charge is 0.330 e. The lowest BCUT2D eigenvalue weighted by Gasteiger charge is -2.09. The van der Waals surface area contributed by atoms with Crippen molar-refractivity contribution >= 4 is 5.97 Å². The molecule has 0 atom stereocenters. The van der Waals surface area contributed by atoms with Gasteiger partial charge in [-0.1, -0.05) is 6.58 Å². The summed E-state index contributed by atoms with van der Waals surface area (Å²) in [5, 5.41) is 3.02. The normalized spacial score (nSPS) is 11.3. The minimum Gasteiger partial charge on any atom is -0.460 e. The monoisotopic (exact) mass is 657 g/mol. The fourth-order valence-electron chi connectivity index (χ4n) is 2.96. The predicted octanol–water partition coefficient (Wildman–Crippen LogP) is 0.134. The molecule has 0 amide bonds. The van der Waals surface area contributed by atoms with Crippen LogP contribution in [0.3, 0.4) is 0 Å². The zero-order valence-corrected chi connectivity index (χ0v) is 27.4. The highest BCUT2D eigenvalue weighted by molar-refractivity contribution is 5.81. The van der Waals surface area contributed by atoms with Crippen LogP contribution >= 0.6 is 0 Å². The highest BCUT2D eigenvalue weighted by Gasteiger charge is 1.97. The highest BCUT2D eigenvalue weighted by Crippen LogP contribution is 1.88. The fourth-order valence-corrected chi connectivity index (χ4v) is 2.96. The van der Waals surface area contributed by atoms with Gasteiger partial charge in [-0.05, 0) is 7.05 Å². The molecule has 0 saturated carbocycles. The Balaban J connectivity index is 3.05. The van der Waals surface area contributed by atoms with E-state index < -0.39 is 5.97 Å². The number of carbonyl (C=O) groups excluding carboxylic acids is 1. The van der Waals surface area contributed by atoms with Crippen molar-refractivity contribution in [2.24, 2.45) is 0 Å². The van der Waals surface area contributed by atoms with Crippen molar-refractivity contribution in [3.05, 3.63) is 12.7 Å². The quantitative estimate of drug-likeness (QED) is 0.0540. The Bertz CT molecular complexity index is 591. The van der Waals surface area contributed by atoms with E-state index in [0.717, 1.165) is 12.6 Å². The van der Waals surface area contributed by atoms with Crippen LogP contribution in [-0.2, 0) is 66.4 Å². The summed E-state index contributed by atoms with van der Waals surface area (Å²) in [4.78, 5) is 10.8. The lowest BCUT2D eigenvalue weighted by molar-refractivity contribution is -0.139. The van der Waals surface area contributed by atoms with Crippen molar-refractivity contribution < 1.29 is 66.4 Å². The summed E-state index contributed by atoms with van der Waals surface area (Å²) in [6.45, 7) is 16.5. The Morgan fingerprint density at radius 2 is 0.600 bits per heavy atom. The van der Waals surface area contributed by atoms with Gasteiger partial charge in [-0.25, -0.2) is 4.79 Å². The van der Waals surface area contributed by atoms with Crippen LogP contribution in [-0.4, -0.2) is 185 Å². The van der Waals surface area contributed by atoms with Crippen LogP contribution in [0.4, 0.5) is 0 Å². The van der Waals surface area contributed by atoms with Crippen molar-refractivity contribution in [1.29, 1.82) is 0 Å². The molecule has 268 valence electrons. The highest BCUT2D eigenvalue weighted by atomic mass is 16.6. The van der Waals surface area contributed by atoms with Crippen molar-refractivity contribution in [1.82, 2.24) is 5.32 Å². The maximum Gasteiger partial charge on any atom is 0.330 e. The van der Waals surface area contributed by atoms with Gasteiger partial charge in [0.15, 0.2) is 0 Å². The molecule has 0 radical (unpaired) electrons. The third-order valence-electron chi connectivity index (χ3n) is 5.23. The van der Waals surface area contributed by atoms with Gasteiger partial charge in [-0.3, -0.25) is 0 Å². The lowest BCUT2D eigenvalue weighted by Crippen LogP contribution is -2.17. The molecule has 45 heavy (non-hydrogen) atoms. The van der Waals surface area contributed by atoms with E-state index in [-0.39, 0.29) is 6.61 Å². The van der Waals surface area contributed by atoms with E-state index >= 15 is 0 Å². The number of ether oxygens (including phenoxy) is 13. The molecule has 0 aromatic heterocycles. The SMILES string of the molecule is C=CC(=O)OCCOCCOCCOCCOCCOCCOCCOCCOCCOCCOCCOCCOCCNC. The first-order chi connectivity index (χ1) is 22.3. The van der Waals surface area contributed by atoms with Gasteiger partial charge >= 0.3 is 5.97 Å². The minimum atomic E-state index is -0.459. The van der Waals surface area contributed by atoms with E-state index in [1.54, 1.807) is 0 Å². The van der Waals surface area contributed by atoms with E-state index in [2.05, 4.69) is 11.9 Å². The Kier molecular flexibility index (Phi) is 39.5. The molecule has 0 saturated heterocycles. The Morgan fingerprint density at radius 1 is 0.400 bits per heavy atom. The first-order valence-corrected chi connectivity index (χ1v) is 15.7. The summed E-state index contributed by atoms with van der Waals surface area (Å²) in [5.74, 6) is -0.459. The molecule has 0 unspecified atom stereocenters. The van der Waals surface area contributed by atoms with Crippen LogP contribution in [0.15, 0.2) is 12.7 Å². The molecule has 0 fully saturated rings. The van der Waals surface area contributed by atoms with Crippen LogP contribution in [0, 0.1) is 0 Å². The maximum absolute atomic E-state index is 10.8. The molecule has 0 aromatic rings. The van der Waals surface area contributed by atoms with Crippen LogP contribution < -0.4 is 5.32 Å². The molecular weight excluding hydrogens is 598 g/mol. The third kappa shape index (κ3) is 40.7. The Morgan fingerprint density at radius 3 is 0.800 bits per heavy atom. The molecule has 0 bridgehead atoms. The summed E-state index contributed by atoms with van der Waals surface area (Å²) in [7, 11) is 1.89. The van der Waals surface area contributed by atoms with Gasteiger partial charge in [-0.15, -0.1) is 0 Å². The van der Waals surface area contributed by atoms with Crippen molar-refractivity contribution in [3.63, 3.8) is 0 Å². The second-order valence-electron chi connectivity index (χ2n) is 8.82. The van der Waals surface area contributed by atoms with Crippen LogP contribution in [0.25, 0.3) is 0 Å². The van der Waals surface area contributed by atoms with E-state index in [0.29, 0.717) is 159 Å². The van der Waals surface area contributed by atoms with Gasteiger partial charge in [0.1, 0.15) is 6.61 Å². The summed E-state index contributed by atoms with van der Waals surface area (Å²) >= 11 is 0. The molecule has 0 aliphatic heterocycles. The molecule has 15 heteroatoms. The number of hydrogen-bond acceptors (Lipinski definition) is 15. The maximum atomic E-state index is 10.8. The van der Waals surface area contributed by atoms with Gasteiger partial charge in [0, 0.05) is 12.6 Å². The predicted molar refractivity (Wildman–Crippen MR) is 165 cm³/mol. The molecule has 15 nitrogen and oxygen atoms in total. The number of likely N-dealkylation sites (N-methyl/N-ethyl adjacent to an activating group) is 1. The second-order valence-corrected chi connectivity index (χ2v) is 8.82. The van der Waals surface area contributed by atoms with E-state index in [1.807, 2.05) is 7.05 Å². The molecule has 0 aromatic carbocycles. The molecule has 0 spiro atoms. The summed E-state index contributed by atoms with van der Waals surface area (Å²) in [6, 6.07) is 0. The van der Waals surface area contributed by atoms with E-state index in [4.69, 9.17) is 61.6 Å². The lowest BCUT2D eigenvalue weighted by atomic mass is 10.6. The average molecular weight is 658 g/mol. The Labute approximate surface area is 269 Å². The van der Waals surface area contributed by atoms with E-state index in [9.17, 15) is 4.79 Å².